The van der Waals surface area contributed by atoms with Crippen LogP contribution in [0.2, 0.25) is 0 Å². The summed E-state index contributed by atoms with van der Waals surface area (Å²) in [5.41, 5.74) is 1.77. The van der Waals surface area contributed by atoms with Crippen LogP contribution >= 0.6 is 0 Å². The quantitative estimate of drug-likeness (QED) is 0.943. The van der Waals surface area contributed by atoms with Crippen LogP contribution in [0.3, 0.4) is 0 Å². The van der Waals surface area contributed by atoms with Gasteiger partial charge in [0.15, 0.2) is 0 Å². The number of amides is 2. The first-order valence-corrected chi connectivity index (χ1v) is 7.36. The van der Waals surface area contributed by atoms with E-state index < -0.39 is 6.04 Å². The molecule has 1 N–H and O–H groups in total. The van der Waals surface area contributed by atoms with Crippen LogP contribution in [0.4, 0.5) is 5.69 Å². The Balaban J connectivity index is 1.68. The van der Waals surface area contributed by atoms with E-state index in [1.165, 1.54) is 0 Å². The van der Waals surface area contributed by atoms with Crippen molar-refractivity contribution in [2.24, 2.45) is 0 Å². The first-order chi connectivity index (χ1) is 11.2. The average Bonchev–Trinajstić information content (AvgIpc) is 2.96. The van der Waals surface area contributed by atoms with Crippen molar-refractivity contribution < 1.29 is 9.59 Å². The van der Waals surface area contributed by atoms with Gasteiger partial charge in [-0.15, -0.1) is 0 Å². The maximum Gasteiger partial charge on any atom is 0.251 e. The van der Waals surface area contributed by atoms with Crippen LogP contribution in [0.5, 0.6) is 0 Å². The third-order valence-corrected chi connectivity index (χ3v) is 3.85. The maximum absolute atomic E-state index is 12.4. The summed E-state index contributed by atoms with van der Waals surface area (Å²) in [7, 11) is 0. The smallest absolute Gasteiger partial charge is 0.251 e. The molecule has 0 aliphatic carbocycles. The van der Waals surface area contributed by atoms with Gasteiger partial charge in [0.05, 0.1) is 11.6 Å². The summed E-state index contributed by atoms with van der Waals surface area (Å²) in [5.74, 6) is -0.402. The molecule has 0 bridgehead atoms. The van der Waals surface area contributed by atoms with Gasteiger partial charge in [-0.3, -0.25) is 9.59 Å². The predicted molar refractivity (Wildman–Crippen MR) is 85.8 cm³/mol. The SMILES string of the molecule is N#Cc1ccc(C(=O)N[C@@H]2CCN(c3ccccc3)C2=O)cc1. The minimum absolute atomic E-state index is 0.0989. The van der Waals surface area contributed by atoms with Crippen LogP contribution in [-0.2, 0) is 4.79 Å². The molecule has 0 aromatic heterocycles. The zero-order chi connectivity index (χ0) is 16.2. The van der Waals surface area contributed by atoms with Gasteiger partial charge in [-0.2, -0.15) is 5.26 Å². The third-order valence-electron chi connectivity index (χ3n) is 3.85. The molecule has 2 aromatic rings. The highest BCUT2D eigenvalue weighted by Crippen LogP contribution is 2.21. The van der Waals surface area contributed by atoms with Gasteiger partial charge in [-0.25, -0.2) is 0 Å². The molecule has 5 nitrogen and oxygen atoms in total. The predicted octanol–water partition coefficient (Wildman–Crippen LogP) is 2.09. The first-order valence-electron chi connectivity index (χ1n) is 7.36. The second-order valence-electron chi connectivity index (χ2n) is 5.33. The van der Waals surface area contributed by atoms with Crippen LogP contribution in [0, 0.1) is 11.3 Å². The van der Waals surface area contributed by atoms with Gasteiger partial charge in [-0.05, 0) is 42.8 Å². The Morgan fingerprint density at radius 2 is 1.83 bits per heavy atom. The van der Waals surface area contributed by atoms with E-state index in [0.29, 0.717) is 24.1 Å². The second kappa shape index (κ2) is 6.32. The van der Waals surface area contributed by atoms with Crippen LogP contribution in [0.1, 0.15) is 22.3 Å². The summed E-state index contributed by atoms with van der Waals surface area (Å²) in [5, 5.41) is 11.5. The largest absolute Gasteiger partial charge is 0.340 e. The standard InChI is InChI=1S/C18H15N3O2/c19-12-13-6-8-14(9-7-13)17(22)20-16-10-11-21(18(16)23)15-4-2-1-3-5-15/h1-9,16H,10-11H2,(H,20,22)/t16-/m1/s1. The molecule has 1 heterocycles. The van der Waals surface area contributed by atoms with Gasteiger partial charge in [0, 0.05) is 17.8 Å². The van der Waals surface area contributed by atoms with Crippen molar-refractivity contribution in [1.29, 1.82) is 5.26 Å². The van der Waals surface area contributed by atoms with Crippen LogP contribution < -0.4 is 10.2 Å². The number of benzene rings is 2. The van der Waals surface area contributed by atoms with Crippen LogP contribution in [-0.4, -0.2) is 24.4 Å². The van der Waals surface area contributed by atoms with Crippen molar-refractivity contribution in [2.45, 2.75) is 12.5 Å². The first kappa shape index (κ1) is 14.8. The fraction of sp³-hybridized carbons (Fsp3) is 0.167. The number of hydrogen-bond acceptors (Lipinski definition) is 3. The lowest BCUT2D eigenvalue weighted by Gasteiger charge is -2.17. The molecule has 1 aliphatic heterocycles. The zero-order valence-electron chi connectivity index (χ0n) is 12.4. The molecule has 1 aliphatic rings. The average molecular weight is 305 g/mol. The summed E-state index contributed by atoms with van der Waals surface area (Å²) in [6.07, 6.45) is 0.579. The Labute approximate surface area is 134 Å². The fourth-order valence-electron chi connectivity index (χ4n) is 2.62. The molecule has 2 aromatic carbocycles. The minimum atomic E-state index is -0.515. The van der Waals surface area contributed by atoms with Gasteiger partial charge < -0.3 is 10.2 Å². The van der Waals surface area contributed by atoms with Crippen molar-refractivity contribution in [2.75, 3.05) is 11.4 Å². The van der Waals surface area contributed by atoms with E-state index in [1.54, 1.807) is 29.2 Å². The van der Waals surface area contributed by atoms with E-state index in [9.17, 15) is 9.59 Å². The van der Waals surface area contributed by atoms with E-state index in [4.69, 9.17) is 5.26 Å². The summed E-state index contributed by atoms with van der Waals surface area (Å²) < 4.78 is 0. The molecule has 5 heteroatoms. The Morgan fingerprint density at radius 3 is 2.48 bits per heavy atom. The zero-order valence-corrected chi connectivity index (χ0v) is 12.4. The molecule has 1 saturated heterocycles. The molecule has 23 heavy (non-hydrogen) atoms. The van der Waals surface area contributed by atoms with Crippen molar-refractivity contribution in [1.82, 2.24) is 5.32 Å². The molecule has 1 atom stereocenters. The van der Waals surface area contributed by atoms with Crippen molar-refractivity contribution in [3.8, 4) is 6.07 Å². The minimum Gasteiger partial charge on any atom is -0.340 e. The van der Waals surface area contributed by atoms with E-state index in [-0.39, 0.29) is 11.8 Å². The molecule has 0 radical (unpaired) electrons. The number of nitrogens with one attached hydrogen (secondary N) is 1. The van der Waals surface area contributed by atoms with Crippen LogP contribution in [0.15, 0.2) is 54.6 Å². The van der Waals surface area contributed by atoms with Crippen molar-refractivity contribution in [3.05, 3.63) is 65.7 Å². The Bertz CT molecular complexity index is 763. The summed E-state index contributed by atoms with van der Waals surface area (Å²) in [6.45, 7) is 0.584. The lowest BCUT2D eigenvalue weighted by Crippen LogP contribution is -2.41. The number of anilines is 1. The highest BCUT2D eigenvalue weighted by Gasteiger charge is 2.33. The third kappa shape index (κ3) is 3.06. The number of nitrogens with zero attached hydrogens (tertiary/aromatic N) is 2. The number of carbonyl (C=O) groups is 2. The van der Waals surface area contributed by atoms with Crippen molar-refractivity contribution >= 4 is 17.5 Å². The Morgan fingerprint density at radius 1 is 1.13 bits per heavy atom. The number of nitriles is 1. The number of rotatable bonds is 3. The van der Waals surface area contributed by atoms with Crippen molar-refractivity contribution in [3.63, 3.8) is 0 Å². The normalized spacial score (nSPS) is 16.9. The number of para-hydroxylation sites is 1. The molecular formula is C18H15N3O2. The van der Waals surface area contributed by atoms with Crippen LogP contribution in [0.25, 0.3) is 0 Å². The molecule has 114 valence electrons. The topological polar surface area (TPSA) is 73.2 Å². The second-order valence-corrected chi connectivity index (χ2v) is 5.33. The monoisotopic (exact) mass is 305 g/mol. The molecular weight excluding hydrogens is 290 g/mol. The molecule has 1 fully saturated rings. The number of hydrogen-bond donors (Lipinski definition) is 1. The van der Waals surface area contributed by atoms with Gasteiger partial charge in [0.25, 0.3) is 5.91 Å². The lowest BCUT2D eigenvalue weighted by atomic mass is 10.1. The Hall–Kier alpha value is -3.13. The molecule has 0 unspecified atom stereocenters. The highest BCUT2D eigenvalue weighted by atomic mass is 16.2. The van der Waals surface area contributed by atoms with Gasteiger partial charge in [0.2, 0.25) is 5.91 Å². The molecule has 2 amide bonds. The molecule has 3 rings (SSSR count). The van der Waals surface area contributed by atoms with Gasteiger partial charge in [-0.1, -0.05) is 18.2 Å². The van der Waals surface area contributed by atoms with Gasteiger partial charge >= 0.3 is 0 Å². The maximum atomic E-state index is 12.4. The fourth-order valence-corrected chi connectivity index (χ4v) is 2.62. The lowest BCUT2D eigenvalue weighted by molar-refractivity contribution is -0.118. The summed E-state index contributed by atoms with van der Waals surface area (Å²) in [6, 6.07) is 17.2. The van der Waals surface area contributed by atoms with Gasteiger partial charge in [0.1, 0.15) is 6.04 Å². The molecule has 0 spiro atoms. The number of carbonyl (C=O) groups excluding carboxylic acids is 2. The van der Waals surface area contributed by atoms with E-state index >= 15 is 0 Å². The Kier molecular flexibility index (Phi) is 4.07. The summed E-state index contributed by atoms with van der Waals surface area (Å²) in [4.78, 5) is 26.3. The van der Waals surface area contributed by atoms with E-state index in [2.05, 4.69) is 5.32 Å². The molecule has 0 saturated carbocycles. The summed E-state index contributed by atoms with van der Waals surface area (Å²) >= 11 is 0. The highest BCUT2D eigenvalue weighted by molar-refractivity contribution is 6.03. The van der Waals surface area contributed by atoms with E-state index in [0.717, 1.165) is 5.69 Å². The van der Waals surface area contributed by atoms with E-state index in [1.807, 2.05) is 36.4 Å².